The van der Waals surface area contributed by atoms with Crippen LogP contribution in [-0.2, 0) is 6.54 Å². The van der Waals surface area contributed by atoms with Crippen LogP contribution in [0.4, 0.5) is 5.69 Å². The molecule has 0 aromatic heterocycles. The number of hydrogen-bond acceptors (Lipinski definition) is 3. The van der Waals surface area contributed by atoms with Crippen molar-refractivity contribution >= 4 is 5.69 Å². The molecule has 20 heavy (non-hydrogen) atoms. The first-order valence-corrected chi connectivity index (χ1v) is 7.94. The lowest BCUT2D eigenvalue weighted by molar-refractivity contribution is 0.0547. The number of hydrogen-bond donors (Lipinski definition) is 1. The second kappa shape index (κ2) is 6.04. The number of methoxy groups -OCH3 is 1. The summed E-state index contributed by atoms with van der Waals surface area (Å²) in [5, 5.41) is 0. The zero-order valence-corrected chi connectivity index (χ0v) is 12.5. The van der Waals surface area contributed by atoms with Crippen molar-refractivity contribution in [2.24, 2.45) is 5.92 Å². The van der Waals surface area contributed by atoms with Crippen LogP contribution in [0.1, 0.15) is 44.1 Å². The average Bonchev–Trinajstić information content (AvgIpc) is 2.48. The number of anilines is 1. The molecule has 110 valence electrons. The molecule has 3 nitrogen and oxygen atoms in total. The van der Waals surface area contributed by atoms with Crippen LogP contribution in [0.5, 0.6) is 5.75 Å². The van der Waals surface area contributed by atoms with Gasteiger partial charge in [-0.3, -0.25) is 4.90 Å². The van der Waals surface area contributed by atoms with E-state index in [4.69, 9.17) is 10.5 Å². The predicted octanol–water partition coefficient (Wildman–Crippen LogP) is 3.43. The van der Waals surface area contributed by atoms with Crippen LogP contribution in [0, 0.1) is 5.92 Å². The lowest BCUT2D eigenvalue weighted by atomic mass is 9.78. The van der Waals surface area contributed by atoms with Crippen LogP contribution in [0.2, 0.25) is 0 Å². The van der Waals surface area contributed by atoms with Crippen molar-refractivity contribution in [1.82, 2.24) is 4.90 Å². The van der Waals surface area contributed by atoms with Gasteiger partial charge in [0.2, 0.25) is 0 Å². The quantitative estimate of drug-likeness (QED) is 0.858. The number of ether oxygens (including phenoxy) is 1. The van der Waals surface area contributed by atoms with Gasteiger partial charge in [-0.25, -0.2) is 0 Å². The van der Waals surface area contributed by atoms with E-state index in [9.17, 15) is 0 Å². The molecule has 1 aliphatic heterocycles. The second-order valence-corrected chi connectivity index (χ2v) is 6.30. The summed E-state index contributed by atoms with van der Waals surface area (Å²) in [6, 6.07) is 7.03. The van der Waals surface area contributed by atoms with E-state index < -0.39 is 0 Å². The topological polar surface area (TPSA) is 38.5 Å². The van der Waals surface area contributed by atoms with Crippen LogP contribution in [0.15, 0.2) is 18.2 Å². The molecule has 1 aromatic carbocycles. The molecule has 2 N–H and O–H groups in total. The van der Waals surface area contributed by atoms with Crippen molar-refractivity contribution < 1.29 is 4.74 Å². The smallest absolute Gasteiger partial charge is 0.141 e. The summed E-state index contributed by atoms with van der Waals surface area (Å²) in [7, 11) is 1.67. The first kappa shape index (κ1) is 13.7. The number of nitrogen functional groups attached to an aromatic ring is 1. The van der Waals surface area contributed by atoms with Gasteiger partial charge in [-0.15, -0.1) is 0 Å². The first-order chi connectivity index (χ1) is 9.78. The summed E-state index contributed by atoms with van der Waals surface area (Å²) in [6.45, 7) is 2.28. The summed E-state index contributed by atoms with van der Waals surface area (Å²) < 4.78 is 5.24. The molecule has 1 saturated heterocycles. The third-order valence-corrected chi connectivity index (χ3v) is 5.04. The van der Waals surface area contributed by atoms with Crippen LogP contribution < -0.4 is 10.5 Å². The average molecular weight is 274 g/mol. The van der Waals surface area contributed by atoms with Gasteiger partial charge in [0, 0.05) is 12.6 Å². The number of likely N-dealkylation sites (tertiary alicyclic amines) is 1. The standard InChI is InChI=1S/C17H26N2O/c1-20-17-9-8-13(11-15(17)18)12-19-10-4-6-14-5-2-3-7-16(14)19/h8-9,11,14,16H,2-7,10,12,18H2,1H3. The highest BCUT2D eigenvalue weighted by molar-refractivity contribution is 5.54. The van der Waals surface area contributed by atoms with E-state index in [2.05, 4.69) is 17.0 Å². The molecule has 1 aromatic rings. The minimum atomic E-state index is 0.752. The van der Waals surface area contributed by atoms with Gasteiger partial charge in [0.1, 0.15) is 5.75 Å². The van der Waals surface area contributed by atoms with Crippen LogP contribution in [0.25, 0.3) is 0 Å². The van der Waals surface area contributed by atoms with Crippen molar-refractivity contribution in [2.75, 3.05) is 19.4 Å². The fraction of sp³-hybridized carbons (Fsp3) is 0.647. The van der Waals surface area contributed by atoms with E-state index in [-0.39, 0.29) is 0 Å². The Morgan fingerprint density at radius 2 is 2.00 bits per heavy atom. The normalized spacial score (nSPS) is 27.1. The molecule has 1 aliphatic carbocycles. The zero-order chi connectivity index (χ0) is 13.9. The van der Waals surface area contributed by atoms with Crippen molar-refractivity contribution in [3.8, 4) is 5.75 Å². The highest BCUT2D eigenvalue weighted by Crippen LogP contribution is 2.36. The minimum Gasteiger partial charge on any atom is -0.495 e. The molecule has 0 bridgehead atoms. The lowest BCUT2D eigenvalue weighted by Gasteiger charge is -2.44. The van der Waals surface area contributed by atoms with E-state index in [0.29, 0.717) is 0 Å². The monoisotopic (exact) mass is 274 g/mol. The second-order valence-electron chi connectivity index (χ2n) is 6.30. The molecule has 1 saturated carbocycles. The third-order valence-electron chi connectivity index (χ3n) is 5.04. The molecular formula is C17H26N2O. The van der Waals surface area contributed by atoms with Gasteiger partial charge >= 0.3 is 0 Å². The molecule has 2 fully saturated rings. The van der Waals surface area contributed by atoms with Gasteiger partial charge in [-0.05, 0) is 55.8 Å². The highest BCUT2D eigenvalue weighted by atomic mass is 16.5. The molecule has 2 unspecified atom stereocenters. The highest BCUT2D eigenvalue weighted by Gasteiger charge is 2.32. The Bertz CT molecular complexity index is 458. The maximum atomic E-state index is 6.03. The zero-order valence-electron chi connectivity index (χ0n) is 12.5. The summed E-state index contributed by atoms with van der Waals surface area (Å²) >= 11 is 0. The minimum absolute atomic E-state index is 0.752. The Kier molecular flexibility index (Phi) is 4.16. The van der Waals surface area contributed by atoms with Crippen molar-refractivity contribution in [1.29, 1.82) is 0 Å². The van der Waals surface area contributed by atoms with Crippen molar-refractivity contribution in [2.45, 2.75) is 51.1 Å². The van der Waals surface area contributed by atoms with E-state index in [1.165, 1.54) is 50.6 Å². The van der Waals surface area contributed by atoms with Crippen molar-refractivity contribution in [3.63, 3.8) is 0 Å². The summed E-state index contributed by atoms with van der Waals surface area (Å²) in [4.78, 5) is 2.69. The maximum Gasteiger partial charge on any atom is 0.141 e. The molecule has 2 aliphatic rings. The fourth-order valence-electron chi connectivity index (χ4n) is 4.04. The van der Waals surface area contributed by atoms with Gasteiger partial charge in [0.25, 0.3) is 0 Å². The number of fused-ring (bicyclic) bond motifs is 1. The largest absolute Gasteiger partial charge is 0.495 e. The molecule has 2 atom stereocenters. The van der Waals surface area contributed by atoms with E-state index >= 15 is 0 Å². The van der Waals surface area contributed by atoms with Crippen LogP contribution >= 0.6 is 0 Å². The number of piperidine rings is 1. The number of nitrogens with zero attached hydrogens (tertiary/aromatic N) is 1. The van der Waals surface area contributed by atoms with E-state index in [1.807, 2.05) is 6.07 Å². The Labute approximate surface area is 122 Å². The third kappa shape index (κ3) is 2.78. The van der Waals surface area contributed by atoms with Crippen LogP contribution in [-0.4, -0.2) is 24.6 Å². The van der Waals surface area contributed by atoms with Gasteiger partial charge in [-0.1, -0.05) is 18.9 Å². The summed E-state index contributed by atoms with van der Waals surface area (Å²) in [6.07, 6.45) is 8.45. The molecule has 0 spiro atoms. The van der Waals surface area contributed by atoms with Gasteiger partial charge in [-0.2, -0.15) is 0 Å². The SMILES string of the molecule is COc1ccc(CN2CCCC3CCCCC32)cc1N. The predicted molar refractivity (Wildman–Crippen MR) is 82.8 cm³/mol. The molecule has 0 amide bonds. The molecule has 0 radical (unpaired) electrons. The Morgan fingerprint density at radius 3 is 2.80 bits per heavy atom. The summed E-state index contributed by atoms with van der Waals surface area (Å²) in [5.41, 5.74) is 8.09. The maximum absolute atomic E-state index is 6.03. The van der Waals surface area contributed by atoms with Gasteiger partial charge in [0.15, 0.2) is 0 Å². The summed E-state index contributed by atoms with van der Waals surface area (Å²) in [5.74, 6) is 1.72. The number of nitrogens with two attached hydrogens (primary N) is 1. The molecule has 1 heterocycles. The Morgan fingerprint density at radius 1 is 1.20 bits per heavy atom. The molecule has 3 heteroatoms. The first-order valence-electron chi connectivity index (χ1n) is 7.94. The Hall–Kier alpha value is -1.22. The number of benzene rings is 1. The Balaban J connectivity index is 1.71. The van der Waals surface area contributed by atoms with E-state index in [0.717, 1.165) is 29.9 Å². The molecular weight excluding hydrogens is 248 g/mol. The van der Waals surface area contributed by atoms with E-state index in [1.54, 1.807) is 7.11 Å². The molecule has 3 rings (SSSR count). The van der Waals surface area contributed by atoms with Crippen molar-refractivity contribution in [3.05, 3.63) is 23.8 Å². The fourth-order valence-corrected chi connectivity index (χ4v) is 4.04. The van der Waals surface area contributed by atoms with Crippen LogP contribution in [0.3, 0.4) is 0 Å². The number of rotatable bonds is 3. The lowest BCUT2D eigenvalue weighted by Crippen LogP contribution is -2.46. The van der Waals surface area contributed by atoms with Gasteiger partial charge < -0.3 is 10.5 Å². The van der Waals surface area contributed by atoms with Gasteiger partial charge in [0.05, 0.1) is 12.8 Å².